The number of rotatable bonds is 7. The second-order valence-corrected chi connectivity index (χ2v) is 10.2. The van der Waals surface area contributed by atoms with Crippen LogP contribution in [0.2, 0.25) is 0 Å². The first-order chi connectivity index (χ1) is 16.1. The van der Waals surface area contributed by atoms with Crippen molar-refractivity contribution in [2.45, 2.75) is 31.3 Å². The number of quaternary nitrogens is 1. The summed E-state index contributed by atoms with van der Waals surface area (Å²) in [5.41, 5.74) is 3.41. The van der Waals surface area contributed by atoms with Crippen LogP contribution in [-0.2, 0) is 16.0 Å². The molecule has 1 aliphatic heterocycles. The summed E-state index contributed by atoms with van der Waals surface area (Å²) in [5.74, 6) is 0.448. The minimum absolute atomic E-state index is 0.0512. The number of hydrogen-bond acceptors (Lipinski definition) is 2. The molecule has 33 heavy (non-hydrogen) atoms. The van der Waals surface area contributed by atoms with Gasteiger partial charge in [-0.3, -0.25) is 4.79 Å². The van der Waals surface area contributed by atoms with E-state index in [4.69, 9.17) is 4.74 Å². The highest BCUT2D eigenvalue weighted by molar-refractivity contribution is 5.82. The van der Waals surface area contributed by atoms with Gasteiger partial charge < -0.3 is 9.22 Å². The fourth-order valence-corrected chi connectivity index (χ4v) is 6.12. The molecule has 170 valence electrons. The van der Waals surface area contributed by atoms with Gasteiger partial charge in [-0.1, -0.05) is 91.0 Å². The number of nitrogens with zero attached hydrogens (tertiary/aromatic N) is 1. The predicted octanol–water partition coefficient (Wildman–Crippen LogP) is 5.46. The van der Waals surface area contributed by atoms with Crippen LogP contribution >= 0.6 is 0 Å². The minimum Gasteiger partial charge on any atom is -0.461 e. The van der Waals surface area contributed by atoms with Gasteiger partial charge in [0, 0.05) is 18.3 Å². The third kappa shape index (κ3) is 4.89. The number of esters is 1. The van der Waals surface area contributed by atoms with Crippen molar-refractivity contribution < 1.29 is 14.0 Å². The molecule has 4 atom stereocenters. The quantitative estimate of drug-likeness (QED) is 0.360. The molecule has 0 spiro atoms. The Morgan fingerprint density at radius 3 is 1.82 bits per heavy atom. The lowest BCUT2D eigenvalue weighted by atomic mass is 9.90. The predicted molar refractivity (Wildman–Crippen MR) is 132 cm³/mol. The van der Waals surface area contributed by atoms with Gasteiger partial charge in [-0.05, 0) is 29.5 Å². The molecule has 1 saturated heterocycles. The van der Waals surface area contributed by atoms with Gasteiger partial charge in [0.1, 0.15) is 12.0 Å². The number of benzene rings is 3. The Labute approximate surface area is 197 Å². The number of ether oxygens (including phenoxy) is 1. The maximum atomic E-state index is 13.6. The van der Waals surface area contributed by atoms with Gasteiger partial charge in [-0.25, -0.2) is 0 Å². The normalized spacial score (nSPS) is 26.3. The molecule has 2 fully saturated rings. The summed E-state index contributed by atoms with van der Waals surface area (Å²) < 4.78 is 7.44. The van der Waals surface area contributed by atoms with Crippen LogP contribution in [0.1, 0.15) is 35.4 Å². The first-order valence-corrected chi connectivity index (χ1v) is 12.3. The number of fused-ring (bicyclic) bond motifs is 2. The molecule has 2 aliphatic rings. The van der Waals surface area contributed by atoms with Gasteiger partial charge in [-0.15, -0.1) is 0 Å². The van der Waals surface area contributed by atoms with Crippen LogP contribution in [0, 0.1) is 11.8 Å². The number of hydrogen-bond donors (Lipinski definition) is 0. The van der Waals surface area contributed by atoms with E-state index in [9.17, 15) is 4.79 Å². The van der Waals surface area contributed by atoms with Crippen molar-refractivity contribution >= 4 is 5.97 Å². The SMILES string of the molecule is C[N+]1(CCc2ccccc2)C[C@H]2CC[C@@H](C1)C2OC(=O)C(c1ccccc1)c1ccccc1. The van der Waals surface area contributed by atoms with Crippen molar-refractivity contribution in [2.24, 2.45) is 11.8 Å². The lowest BCUT2D eigenvalue weighted by molar-refractivity contribution is -0.920. The van der Waals surface area contributed by atoms with Crippen molar-refractivity contribution in [3.63, 3.8) is 0 Å². The van der Waals surface area contributed by atoms with Crippen LogP contribution in [-0.4, -0.2) is 43.2 Å². The fourth-order valence-electron chi connectivity index (χ4n) is 6.12. The van der Waals surface area contributed by atoms with Crippen LogP contribution in [0.25, 0.3) is 0 Å². The van der Waals surface area contributed by atoms with E-state index in [0.29, 0.717) is 11.8 Å². The molecule has 3 heteroatoms. The van der Waals surface area contributed by atoms with Crippen molar-refractivity contribution in [2.75, 3.05) is 26.7 Å². The molecule has 3 aromatic rings. The zero-order chi connectivity index (χ0) is 22.7. The summed E-state index contributed by atoms with van der Waals surface area (Å²) in [5, 5.41) is 0. The van der Waals surface area contributed by atoms with E-state index in [-0.39, 0.29) is 18.0 Å². The second-order valence-electron chi connectivity index (χ2n) is 10.2. The number of carbonyl (C=O) groups is 1. The molecule has 3 nitrogen and oxygen atoms in total. The lowest BCUT2D eigenvalue weighted by Gasteiger charge is -2.44. The lowest BCUT2D eigenvalue weighted by Crippen LogP contribution is -2.58. The first-order valence-electron chi connectivity index (χ1n) is 12.3. The summed E-state index contributed by atoms with van der Waals surface area (Å²) in [4.78, 5) is 13.6. The molecule has 1 aliphatic carbocycles. The van der Waals surface area contributed by atoms with Crippen molar-refractivity contribution in [3.05, 3.63) is 108 Å². The van der Waals surface area contributed by atoms with Gasteiger partial charge in [0.25, 0.3) is 0 Å². The Kier molecular flexibility index (Phi) is 6.32. The number of likely N-dealkylation sites (tertiary alicyclic amines) is 1. The maximum Gasteiger partial charge on any atom is 0.318 e. The number of likely N-dealkylation sites (N-methyl/N-ethyl adjacent to an activating group) is 1. The standard InChI is InChI=1S/C30H34NO2/c1-31(20-19-23-11-5-2-6-12-23)21-26-17-18-27(22-31)29(26)33-30(32)28(24-13-7-3-8-14-24)25-15-9-4-10-16-25/h2-16,26-29H,17-22H2,1H3/q+1/t26-,27+,29?,31?. The molecule has 1 heterocycles. The summed E-state index contributed by atoms with van der Waals surface area (Å²) in [6, 6.07) is 30.9. The van der Waals surface area contributed by atoms with E-state index < -0.39 is 0 Å². The molecule has 2 bridgehead atoms. The van der Waals surface area contributed by atoms with Gasteiger partial charge in [0.05, 0.1) is 26.7 Å². The smallest absolute Gasteiger partial charge is 0.318 e. The Morgan fingerprint density at radius 2 is 1.30 bits per heavy atom. The number of carbonyl (C=O) groups excluding carboxylic acids is 1. The molecule has 3 aromatic carbocycles. The first kappa shape index (κ1) is 21.9. The monoisotopic (exact) mass is 440 g/mol. The third-order valence-electron chi connectivity index (χ3n) is 7.72. The van der Waals surface area contributed by atoms with E-state index in [1.54, 1.807) is 0 Å². The van der Waals surface area contributed by atoms with Crippen LogP contribution < -0.4 is 0 Å². The molecular weight excluding hydrogens is 406 g/mol. The van der Waals surface area contributed by atoms with E-state index in [2.05, 4.69) is 37.4 Å². The zero-order valence-corrected chi connectivity index (χ0v) is 19.5. The summed E-state index contributed by atoms with van der Waals surface area (Å²) in [6.07, 6.45) is 3.49. The zero-order valence-electron chi connectivity index (χ0n) is 19.5. The van der Waals surface area contributed by atoms with Crippen LogP contribution in [0.3, 0.4) is 0 Å². The highest BCUT2D eigenvalue weighted by atomic mass is 16.5. The average Bonchev–Trinajstić information content (AvgIpc) is 3.09. The largest absolute Gasteiger partial charge is 0.461 e. The molecule has 0 radical (unpaired) electrons. The highest BCUT2D eigenvalue weighted by Gasteiger charge is 2.50. The molecule has 1 saturated carbocycles. The minimum atomic E-state index is -0.368. The molecule has 0 N–H and O–H groups in total. The van der Waals surface area contributed by atoms with Crippen LogP contribution in [0.4, 0.5) is 0 Å². The van der Waals surface area contributed by atoms with E-state index in [0.717, 1.165) is 41.7 Å². The van der Waals surface area contributed by atoms with Gasteiger partial charge >= 0.3 is 5.97 Å². The summed E-state index contributed by atoms with van der Waals surface area (Å²) >= 11 is 0. The summed E-state index contributed by atoms with van der Waals surface area (Å²) in [7, 11) is 2.39. The topological polar surface area (TPSA) is 26.3 Å². The molecule has 2 unspecified atom stereocenters. The highest BCUT2D eigenvalue weighted by Crippen LogP contribution is 2.42. The molecule has 5 rings (SSSR count). The molecule has 0 aromatic heterocycles. The van der Waals surface area contributed by atoms with E-state index >= 15 is 0 Å². The molecule has 0 amide bonds. The van der Waals surface area contributed by atoms with Gasteiger partial charge in [0.15, 0.2) is 0 Å². The van der Waals surface area contributed by atoms with Crippen molar-refractivity contribution in [1.82, 2.24) is 0 Å². The second kappa shape index (κ2) is 9.52. The van der Waals surface area contributed by atoms with Crippen molar-refractivity contribution in [1.29, 1.82) is 0 Å². The fraction of sp³-hybridized carbons (Fsp3) is 0.367. The maximum absolute atomic E-state index is 13.6. The van der Waals surface area contributed by atoms with Crippen LogP contribution in [0.15, 0.2) is 91.0 Å². The summed E-state index contributed by atoms with van der Waals surface area (Å²) in [6.45, 7) is 3.35. The van der Waals surface area contributed by atoms with E-state index in [1.165, 1.54) is 18.4 Å². The van der Waals surface area contributed by atoms with Crippen molar-refractivity contribution in [3.8, 4) is 0 Å². The molecular formula is C30H34NO2+. The Bertz CT molecular complexity index is 997. The van der Waals surface area contributed by atoms with Gasteiger partial charge in [0.2, 0.25) is 0 Å². The van der Waals surface area contributed by atoms with Gasteiger partial charge in [-0.2, -0.15) is 0 Å². The Hall–Kier alpha value is -2.91. The van der Waals surface area contributed by atoms with E-state index in [1.807, 2.05) is 60.7 Å². The third-order valence-corrected chi connectivity index (χ3v) is 7.72. The van der Waals surface area contributed by atoms with Crippen LogP contribution in [0.5, 0.6) is 0 Å². The number of piperidine rings is 1. The average molecular weight is 441 g/mol. The Morgan fingerprint density at radius 1 is 0.818 bits per heavy atom. The Balaban J connectivity index is 1.29.